The summed E-state index contributed by atoms with van der Waals surface area (Å²) in [5.74, 6) is 1.35. The molecule has 3 rings (SSSR count). The van der Waals surface area contributed by atoms with E-state index in [1.807, 2.05) is 44.2 Å². The van der Waals surface area contributed by atoms with Gasteiger partial charge in [-0.2, -0.15) is 5.10 Å². The molecule has 1 N–H and O–H groups in total. The molecule has 1 amide bonds. The zero-order valence-corrected chi connectivity index (χ0v) is 20.7. The van der Waals surface area contributed by atoms with E-state index in [2.05, 4.69) is 26.5 Å². The summed E-state index contributed by atoms with van der Waals surface area (Å²) in [7, 11) is 0. The van der Waals surface area contributed by atoms with Crippen molar-refractivity contribution in [2.75, 3.05) is 13.2 Å². The van der Waals surface area contributed by atoms with Crippen LogP contribution in [0.3, 0.4) is 0 Å². The van der Waals surface area contributed by atoms with E-state index in [9.17, 15) is 4.79 Å². The molecular formula is C25H24BrClN2O4. The first-order valence-electron chi connectivity index (χ1n) is 10.3. The Bertz CT molecular complexity index is 1120. The number of aryl methyl sites for hydroxylation is 1. The number of carbonyl (C=O) groups excluding carboxylic acids is 1. The third-order valence-corrected chi connectivity index (χ3v) is 5.39. The highest BCUT2D eigenvalue weighted by molar-refractivity contribution is 9.10. The molecule has 0 spiro atoms. The molecule has 0 atom stereocenters. The van der Waals surface area contributed by atoms with Gasteiger partial charge >= 0.3 is 0 Å². The molecule has 0 aromatic heterocycles. The minimum absolute atomic E-state index is 0.168. The summed E-state index contributed by atoms with van der Waals surface area (Å²) in [4.78, 5) is 12.0. The van der Waals surface area contributed by atoms with Crippen LogP contribution in [0.5, 0.6) is 17.2 Å². The largest absolute Gasteiger partial charge is 0.490 e. The van der Waals surface area contributed by atoms with Gasteiger partial charge in [-0.3, -0.25) is 4.79 Å². The van der Waals surface area contributed by atoms with Crippen molar-refractivity contribution in [3.05, 3.63) is 86.8 Å². The van der Waals surface area contributed by atoms with Gasteiger partial charge in [0.25, 0.3) is 5.91 Å². The minimum Gasteiger partial charge on any atom is -0.490 e. The fraction of sp³-hybridized carbons (Fsp3) is 0.200. The zero-order chi connectivity index (χ0) is 23.6. The van der Waals surface area contributed by atoms with E-state index < -0.39 is 0 Å². The molecule has 0 bridgehead atoms. The SMILES string of the molecule is CCOc1cc(/C=N\NC(=O)COc2ccc(Cl)cc2)cc(Br)c1OCc1ccccc1C. The zero-order valence-electron chi connectivity index (χ0n) is 18.3. The molecule has 0 saturated carbocycles. The molecule has 6 nitrogen and oxygen atoms in total. The van der Waals surface area contributed by atoms with Gasteiger partial charge in [0, 0.05) is 5.02 Å². The Balaban J connectivity index is 1.61. The van der Waals surface area contributed by atoms with Crippen LogP contribution < -0.4 is 19.6 Å². The van der Waals surface area contributed by atoms with Crippen LogP contribution in [0.15, 0.2) is 70.2 Å². The summed E-state index contributed by atoms with van der Waals surface area (Å²) >= 11 is 9.38. The number of hydrazone groups is 1. The van der Waals surface area contributed by atoms with E-state index in [1.165, 1.54) is 6.21 Å². The Morgan fingerprint density at radius 3 is 2.58 bits per heavy atom. The lowest BCUT2D eigenvalue weighted by Gasteiger charge is -2.15. The lowest BCUT2D eigenvalue weighted by Crippen LogP contribution is -2.24. The highest BCUT2D eigenvalue weighted by Crippen LogP contribution is 2.37. The summed E-state index contributed by atoms with van der Waals surface area (Å²) in [6, 6.07) is 18.5. The van der Waals surface area contributed by atoms with Gasteiger partial charge in [-0.1, -0.05) is 35.9 Å². The number of carbonyl (C=O) groups is 1. The number of ether oxygens (including phenoxy) is 3. The fourth-order valence-corrected chi connectivity index (χ4v) is 3.58. The van der Waals surface area contributed by atoms with Crippen molar-refractivity contribution in [3.63, 3.8) is 0 Å². The van der Waals surface area contributed by atoms with E-state index in [0.29, 0.717) is 35.5 Å². The lowest BCUT2D eigenvalue weighted by molar-refractivity contribution is -0.123. The van der Waals surface area contributed by atoms with Crippen molar-refractivity contribution in [2.45, 2.75) is 20.5 Å². The van der Waals surface area contributed by atoms with Crippen molar-refractivity contribution in [3.8, 4) is 17.2 Å². The molecule has 3 aromatic rings. The molecule has 0 aliphatic carbocycles. The molecule has 0 fully saturated rings. The van der Waals surface area contributed by atoms with Gasteiger partial charge in [0.1, 0.15) is 12.4 Å². The maximum Gasteiger partial charge on any atom is 0.277 e. The second-order valence-electron chi connectivity index (χ2n) is 7.01. The third-order valence-electron chi connectivity index (χ3n) is 4.55. The first-order chi connectivity index (χ1) is 16.0. The van der Waals surface area contributed by atoms with Crippen molar-refractivity contribution in [1.82, 2.24) is 5.43 Å². The van der Waals surface area contributed by atoms with Crippen LogP contribution >= 0.6 is 27.5 Å². The van der Waals surface area contributed by atoms with Gasteiger partial charge in [-0.25, -0.2) is 5.43 Å². The smallest absolute Gasteiger partial charge is 0.277 e. The predicted octanol–water partition coefficient (Wildman–Crippen LogP) is 5.92. The monoisotopic (exact) mass is 530 g/mol. The third kappa shape index (κ3) is 7.51. The Morgan fingerprint density at radius 1 is 1.09 bits per heavy atom. The summed E-state index contributed by atoms with van der Waals surface area (Å²) in [5.41, 5.74) is 5.43. The van der Waals surface area contributed by atoms with Crippen molar-refractivity contribution >= 4 is 39.7 Å². The van der Waals surface area contributed by atoms with Crippen molar-refractivity contribution < 1.29 is 19.0 Å². The number of nitrogens with one attached hydrogen (secondary N) is 1. The van der Waals surface area contributed by atoms with Gasteiger partial charge in [0.2, 0.25) is 0 Å². The van der Waals surface area contributed by atoms with Crippen LogP contribution in [0.25, 0.3) is 0 Å². The second kappa shape index (κ2) is 12.3. The van der Waals surface area contributed by atoms with Crippen LogP contribution in [0, 0.1) is 6.92 Å². The lowest BCUT2D eigenvalue weighted by atomic mass is 10.1. The second-order valence-corrected chi connectivity index (χ2v) is 8.30. The molecule has 0 aliphatic rings. The highest BCUT2D eigenvalue weighted by Gasteiger charge is 2.13. The molecule has 0 heterocycles. The molecular weight excluding hydrogens is 508 g/mol. The molecule has 0 aliphatic heterocycles. The Kier molecular flexibility index (Phi) is 9.15. The molecule has 0 radical (unpaired) electrons. The quantitative estimate of drug-likeness (QED) is 0.261. The number of nitrogens with zero attached hydrogens (tertiary/aromatic N) is 1. The summed E-state index contributed by atoms with van der Waals surface area (Å²) in [5, 5.41) is 4.60. The Labute approximate surface area is 206 Å². The van der Waals surface area contributed by atoms with E-state index in [1.54, 1.807) is 30.3 Å². The maximum absolute atomic E-state index is 12.0. The van der Waals surface area contributed by atoms with Gasteiger partial charge < -0.3 is 14.2 Å². The van der Waals surface area contributed by atoms with E-state index in [4.69, 9.17) is 25.8 Å². The number of hydrogen-bond donors (Lipinski definition) is 1. The molecule has 0 saturated heterocycles. The topological polar surface area (TPSA) is 69.2 Å². The summed E-state index contributed by atoms with van der Waals surface area (Å²) in [6.07, 6.45) is 1.53. The number of hydrogen-bond acceptors (Lipinski definition) is 5. The minimum atomic E-state index is -0.386. The van der Waals surface area contributed by atoms with Crippen LogP contribution in [0.1, 0.15) is 23.6 Å². The van der Waals surface area contributed by atoms with Crippen LogP contribution in [0.2, 0.25) is 5.02 Å². The molecule has 33 heavy (non-hydrogen) atoms. The first-order valence-corrected chi connectivity index (χ1v) is 11.5. The van der Waals surface area contributed by atoms with E-state index >= 15 is 0 Å². The summed E-state index contributed by atoms with van der Waals surface area (Å²) < 4.78 is 17.9. The standard InChI is InChI=1S/C25H24BrClN2O4/c1-3-31-23-13-18(12-22(26)25(23)33-15-19-7-5-4-6-17(19)2)14-28-29-24(30)16-32-21-10-8-20(27)9-11-21/h4-14H,3,15-16H2,1-2H3,(H,29,30)/b28-14-. The van der Waals surface area contributed by atoms with Gasteiger partial charge in [-0.15, -0.1) is 0 Å². The molecule has 0 unspecified atom stereocenters. The van der Waals surface area contributed by atoms with Crippen LogP contribution in [-0.4, -0.2) is 25.3 Å². The van der Waals surface area contributed by atoms with Crippen molar-refractivity contribution in [2.24, 2.45) is 5.10 Å². The van der Waals surface area contributed by atoms with Gasteiger partial charge in [0.05, 0.1) is 17.3 Å². The van der Waals surface area contributed by atoms with Gasteiger partial charge in [-0.05, 0) is 82.9 Å². The average Bonchev–Trinajstić information content (AvgIpc) is 2.79. The van der Waals surface area contributed by atoms with Crippen LogP contribution in [0.4, 0.5) is 0 Å². The van der Waals surface area contributed by atoms with Crippen LogP contribution in [-0.2, 0) is 11.4 Å². The van der Waals surface area contributed by atoms with E-state index in [-0.39, 0.29) is 12.5 Å². The number of benzene rings is 3. The predicted molar refractivity (Wildman–Crippen MR) is 134 cm³/mol. The van der Waals surface area contributed by atoms with Gasteiger partial charge in [0.15, 0.2) is 18.1 Å². The fourth-order valence-electron chi connectivity index (χ4n) is 2.88. The maximum atomic E-state index is 12.0. The Morgan fingerprint density at radius 2 is 1.85 bits per heavy atom. The molecule has 8 heteroatoms. The first kappa shape index (κ1) is 24.6. The number of amides is 1. The highest BCUT2D eigenvalue weighted by atomic mass is 79.9. The molecule has 172 valence electrons. The Hall–Kier alpha value is -3.03. The molecule has 3 aromatic carbocycles. The number of rotatable bonds is 10. The average molecular weight is 532 g/mol. The normalized spacial score (nSPS) is 10.8. The van der Waals surface area contributed by atoms with E-state index in [0.717, 1.165) is 21.2 Å². The van der Waals surface area contributed by atoms with Crippen molar-refractivity contribution in [1.29, 1.82) is 0 Å². The number of halogens is 2. The summed E-state index contributed by atoms with van der Waals surface area (Å²) in [6.45, 7) is 4.68.